The Morgan fingerprint density at radius 3 is 2.42 bits per heavy atom. The molecule has 1 heterocycles. The molecule has 8 nitrogen and oxygen atoms in total. The van der Waals surface area contributed by atoms with Crippen LogP contribution in [0, 0.1) is 5.92 Å². The summed E-state index contributed by atoms with van der Waals surface area (Å²) in [5, 5.41) is 5.61. The monoisotopic (exact) mass is 491 g/mol. The van der Waals surface area contributed by atoms with Gasteiger partial charge in [-0.1, -0.05) is 26.0 Å². The highest BCUT2D eigenvalue weighted by molar-refractivity contribution is 7.98. The number of nitrogens with one attached hydrogen (secondary N) is 2. The number of hydrogen-bond donors (Lipinski definition) is 2. The molecule has 2 amide bonds. The first kappa shape index (κ1) is 25.2. The van der Waals surface area contributed by atoms with Gasteiger partial charge >= 0.3 is 0 Å². The van der Waals surface area contributed by atoms with E-state index in [4.69, 9.17) is 4.74 Å². The summed E-state index contributed by atoms with van der Waals surface area (Å²) in [6.07, 6.45) is 1.95. The Bertz CT molecular complexity index is 1100. The summed E-state index contributed by atoms with van der Waals surface area (Å²) in [4.78, 5) is 26.9. The van der Waals surface area contributed by atoms with Crippen LogP contribution in [0.25, 0.3) is 0 Å². The summed E-state index contributed by atoms with van der Waals surface area (Å²) >= 11 is 1.57. The minimum Gasteiger partial charge on any atom is -0.379 e. The number of morpholine rings is 1. The van der Waals surface area contributed by atoms with Crippen LogP contribution in [0.5, 0.6) is 0 Å². The molecule has 178 valence electrons. The van der Waals surface area contributed by atoms with Gasteiger partial charge in [0.1, 0.15) is 6.04 Å². The third-order valence-corrected chi connectivity index (χ3v) is 7.90. The summed E-state index contributed by atoms with van der Waals surface area (Å²) in [5.41, 5.74) is 0.817. The van der Waals surface area contributed by atoms with Crippen molar-refractivity contribution < 1.29 is 22.7 Å². The summed E-state index contributed by atoms with van der Waals surface area (Å²) in [7, 11) is -3.73. The fourth-order valence-corrected chi connectivity index (χ4v) is 5.33. The van der Waals surface area contributed by atoms with Gasteiger partial charge < -0.3 is 15.4 Å². The number of hydrogen-bond acceptors (Lipinski definition) is 6. The summed E-state index contributed by atoms with van der Waals surface area (Å²) < 4.78 is 32.4. The highest BCUT2D eigenvalue weighted by atomic mass is 32.2. The molecule has 3 rings (SSSR count). The molecule has 1 atom stereocenters. The van der Waals surface area contributed by atoms with E-state index in [2.05, 4.69) is 10.6 Å². The van der Waals surface area contributed by atoms with E-state index in [1.807, 2.05) is 38.3 Å². The fraction of sp³-hybridized carbons (Fsp3) is 0.391. The van der Waals surface area contributed by atoms with Crippen LogP contribution in [0.2, 0.25) is 0 Å². The van der Waals surface area contributed by atoms with E-state index in [9.17, 15) is 18.0 Å². The number of carbonyl (C=O) groups is 2. The van der Waals surface area contributed by atoms with Crippen LogP contribution in [0.15, 0.2) is 58.3 Å². The van der Waals surface area contributed by atoms with E-state index in [0.29, 0.717) is 18.9 Å². The molecule has 33 heavy (non-hydrogen) atoms. The lowest BCUT2D eigenvalue weighted by Gasteiger charge is -2.26. The SMILES string of the molecule is CSc1cccc(NC(=O)[C@@H](NC(=O)c2cccc(S(=O)(=O)N3CCOCC3)c2)C(C)C)c1. The molecule has 0 aromatic heterocycles. The maximum atomic E-state index is 12.9. The van der Waals surface area contributed by atoms with E-state index in [1.165, 1.54) is 28.6 Å². The van der Waals surface area contributed by atoms with Crippen LogP contribution >= 0.6 is 11.8 Å². The van der Waals surface area contributed by atoms with Crippen LogP contribution in [0.4, 0.5) is 5.69 Å². The highest BCUT2D eigenvalue weighted by Crippen LogP contribution is 2.21. The van der Waals surface area contributed by atoms with Gasteiger partial charge in [0.05, 0.1) is 18.1 Å². The molecule has 2 N–H and O–H groups in total. The molecule has 0 spiro atoms. The Balaban J connectivity index is 1.75. The number of ether oxygens (including phenoxy) is 1. The van der Waals surface area contributed by atoms with Crippen molar-refractivity contribution in [2.45, 2.75) is 29.7 Å². The topological polar surface area (TPSA) is 105 Å². The van der Waals surface area contributed by atoms with Crippen molar-refractivity contribution in [2.24, 2.45) is 5.92 Å². The van der Waals surface area contributed by atoms with Gasteiger partial charge in [-0.3, -0.25) is 9.59 Å². The van der Waals surface area contributed by atoms with Crippen LogP contribution in [0.1, 0.15) is 24.2 Å². The first-order valence-corrected chi connectivity index (χ1v) is 13.3. The number of amides is 2. The van der Waals surface area contributed by atoms with Gasteiger partial charge in [-0.2, -0.15) is 4.31 Å². The molecular formula is C23H29N3O5S2. The van der Waals surface area contributed by atoms with Crippen molar-refractivity contribution in [3.8, 4) is 0 Å². The number of nitrogens with zero attached hydrogens (tertiary/aromatic N) is 1. The van der Waals surface area contributed by atoms with E-state index in [0.717, 1.165) is 4.90 Å². The first-order valence-electron chi connectivity index (χ1n) is 10.7. The number of anilines is 1. The van der Waals surface area contributed by atoms with Crippen molar-refractivity contribution in [1.82, 2.24) is 9.62 Å². The summed E-state index contributed by atoms with van der Waals surface area (Å²) in [5.74, 6) is -1.03. The molecule has 2 aromatic carbocycles. The van der Waals surface area contributed by atoms with Gasteiger partial charge in [-0.15, -0.1) is 11.8 Å². The Hall–Kier alpha value is -2.40. The Kier molecular flexibility index (Phi) is 8.52. The van der Waals surface area contributed by atoms with E-state index in [-0.39, 0.29) is 35.4 Å². The van der Waals surface area contributed by atoms with E-state index >= 15 is 0 Å². The molecule has 2 aromatic rings. The molecule has 1 saturated heterocycles. The molecule has 1 fully saturated rings. The van der Waals surface area contributed by atoms with Crippen molar-refractivity contribution in [1.29, 1.82) is 0 Å². The molecule has 0 bridgehead atoms. The molecule has 1 aliphatic rings. The molecule has 0 aliphatic carbocycles. The molecule has 10 heteroatoms. The van der Waals surface area contributed by atoms with Crippen LogP contribution in [0.3, 0.4) is 0 Å². The predicted molar refractivity (Wildman–Crippen MR) is 129 cm³/mol. The lowest BCUT2D eigenvalue weighted by Crippen LogP contribution is -2.47. The van der Waals surface area contributed by atoms with Gasteiger partial charge in [-0.25, -0.2) is 8.42 Å². The zero-order valence-corrected chi connectivity index (χ0v) is 20.5. The van der Waals surface area contributed by atoms with Gasteiger partial charge in [0.15, 0.2) is 0 Å². The number of carbonyl (C=O) groups excluding carboxylic acids is 2. The van der Waals surface area contributed by atoms with Crippen LogP contribution < -0.4 is 10.6 Å². The zero-order valence-electron chi connectivity index (χ0n) is 18.9. The third-order valence-electron chi connectivity index (χ3n) is 5.28. The number of rotatable bonds is 8. The third kappa shape index (κ3) is 6.35. The minimum absolute atomic E-state index is 0.0384. The quantitative estimate of drug-likeness (QED) is 0.550. The van der Waals surface area contributed by atoms with Gasteiger partial charge in [0.25, 0.3) is 5.91 Å². The Labute approximate surface area is 199 Å². The first-order chi connectivity index (χ1) is 15.7. The van der Waals surface area contributed by atoms with E-state index in [1.54, 1.807) is 17.8 Å². The standard InChI is InChI=1S/C23H29N3O5S2/c1-16(2)21(23(28)24-18-7-5-8-19(15-18)32-3)25-22(27)17-6-4-9-20(14-17)33(29,30)26-10-12-31-13-11-26/h4-9,14-16,21H,10-13H2,1-3H3,(H,24,28)(H,25,27)/t21-/m0/s1. The van der Waals surface area contributed by atoms with E-state index < -0.39 is 22.0 Å². The average molecular weight is 492 g/mol. The van der Waals surface area contributed by atoms with Crippen molar-refractivity contribution in [3.05, 3.63) is 54.1 Å². The summed E-state index contributed by atoms with van der Waals surface area (Å²) in [6, 6.07) is 12.5. The Morgan fingerprint density at radius 2 is 1.76 bits per heavy atom. The average Bonchev–Trinajstić information content (AvgIpc) is 2.82. The minimum atomic E-state index is -3.73. The molecule has 1 aliphatic heterocycles. The second-order valence-corrected chi connectivity index (χ2v) is 10.8. The number of thioether (sulfide) groups is 1. The normalized spacial score (nSPS) is 15.8. The van der Waals surface area contributed by atoms with Gasteiger partial charge in [0, 0.05) is 29.2 Å². The van der Waals surface area contributed by atoms with Gasteiger partial charge in [-0.05, 0) is 48.6 Å². The lowest BCUT2D eigenvalue weighted by molar-refractivity contribution is -0.118. The zero-order chi connectivity index (χ0) is 24.0. The number of sulfonamides is 1. The second-order valence-electron chi connectivity index (χ2n) is 7.96. The molecule has 0 saturated carbocycles. The highest BCUT2D eigenvalue weighted by Gasteiger charge is 2.28. The summed E-state index contributed by atoms with van der Waals surface area (Å²) in [6.45, 7) is 4.89. The predicted octanol–water partition coefficient (Wildman–Crippen LogP) is 2.82. The second kappa shape index (κ2) is 11.1. The molecule has 0 unspecified atom stereocenters. The number of benzene rings is 2. The maximum absolute atomic E-state index is 12.9. The fourth-order valence-electron chi connectivity index (χ4n) is 3.41. The maximum Gasteiger partial charge on any atom is 0.251 e. The lowest BCUT2D eigenvalue weighted by atomic mass is 10.0. The molecule has 0 radical (unpaired) electrons. The largest absolute Gasteiger partial charge is 0.379 e. The van der Waals surface area contributed by atoms with Crippen molar-refractivity contribution in [3.63, 3.8) is 0 Å². The van der Waals surface area contributed by atoms with Gasteiger partial charge in [0.2, 0.25) is 15.9 Å². The van der Waals surface area contributed by atoms with Crippen molar-refractivity contribution in [2.75, 3.05) is 37.9 Å². The van der Waals surface area contributed by atoms with Crippen LogP contribution in [-0.4, -0.2) is 63.1 Å². The van der Waals surface area contributed by atoms with Crippen LogP contribution in [-0.2, 0) is 19.6 Å². The molecular weight excluding hydrogens is 462 g/mol. The van der Waals surface area contributed by atoms with Crippen molar-refractivity contribution >= 4 is 39.3 Å². The Morgan fingerprint density at radius 1 is 1.06 bits per heavy atom. The smallest absolute Gasteiger partial charge is 0.251 e.